The van der Waals surface area contributed by atoms with Gasteiger partial charge in [-0.3, -0.25) is 4.79 Å². The number of anilines is 1. The Morgan fingerprint density at radius 2 is 2.19 bits per heavy atom. The van der Waals surface area contributed by atoms with Crippen molar-refractivity contribution in [1.82, 2.24) is 15.2 Å². The van der Waals surface area contributed by atoms with Gasteiger partial charge in [-0.1, -0.05) is 0 Å². The van der Waals surface area contributed by atoms with Crippen molar-refractivity contribution in [2.45, 2.75) is 19.3 Å². The maximum Gasteiger partial charge on any atom is 0.255 e. The minimum atomic E-state index is -0.505. The number of hydrogen-bond acceptors (Lipinski definition) is 4. The van der Waals surface area contributed by atoms with E-state index in [4.69, 9.17) is 0 Å². The molecule has 0 radical (unpaired) electrons. The van der Waals surface area contributed by atoms with Crippen LogP contribution in [0.2, 0.25) is 0 Å². The van der Waals surface area contributed by atoms with Crippen molar-refractivity contribution in [3.05, 3.63) is 23.6 Å². The zero-order valence-corrected chi connectivity index (χ0v) is 12.7. The number of carbonyl (C=O) groups excluding carboxylic acids is 1. The summed E-state index contributed by atoms with van der Waals surface area (Å²) in [6.07, 6.45) is 4.42. The number of pyridine rings is 1. The summed E-state index contributed by atoms with van der Waals surface area (Å²) >= 11 is 0. The van der Waals surface area contributed by atoms with Crippen LogP contribution in [0.15, 0.2) is 12.3 Å². The van der Waals surface area contributed by atoms with E-state index in [1.165, 1.54) is 18.9 Å². The number of halogens is 1. The average Bonchev–Trinajstić information content (AvgIpc) is 2.49. The lowest BCUT2D eigenvalue weighted by Crippen LogP contribution is -2.33. The first-order valence-electron chi connectivity index (χ1n) is 7.40. The van der Waals surface area contributed by atoms with Crippen LogP contribution < -0.4 is 10.6 Å². The molecule has 1 saturated heterocycles. The molecule has 0 spiro atoms. The summed E-state index contributed by atoms with van der Waals surface area (Å²) in [5.74, 6) is 0.276. The molecule has 1 aromatic rings. The summed E-state index contributed by atoms with van der Waals surface area (Å²) in [6, 6.07) is 1.21. The largest absolute Gasteiger partial charge is 0.372 e. The minimum Gasteiger partial charge on any atom is -0.372 e. The summed E-state index contributed by atoms with van der Waals surface area (Å²) in [5.41, 5.74) is 0.251. The van der Waals surface area contributed by atoms with Crippen LogP contribution in [0.5, 0.6) is 0 Å². The van der Waals surface area contributed by atoms with Crippen molar-refractivity contribution in [3.8, 4) is 0 Å². The Bertz CT molecular complexity index is 487. The van der Waals surface area contributed by atoms with Gasteiger partial charge in [0.05, 0.1) is 11.8 Å². The third-order valence-corrected chi connectivity index (χ3v) is 4.01. The average molecular weight is 294 g/mol. The van der Waals surface area contributed by atoms with Crippen LogP contribution in [0.25, 0.3) is 0 Å². The summed E-state index contributed by atoms with van der Waals surface area (Å²) < 4.78 is 13.2. The Morgan fingerprint density at radius 3 is 2.86 bits per heavy atom. The standard InChI is InChI=1S/C15H23FN4O/c1-17-14-13(9-12(16)10-19-14)15(21)18-6-3-11-4-7-20(2)8-5-11/h9-11H,3-8H2,1-2H3,(H,17,19)(H,18,21). The van der Waals surface area contributed by atoms with Gasteiger partial charge < -0.3 is 15.5 Å². The number of piperidine rings is 1. The minimum absolute atomic E-state index is 0.251. The Kier molecular flexibility index (Phi) is 5.50. The summed E-state index contributed by atoms with van der Waals surface area (Å²) in [5, 5.41) is 5.66. The smallest absolute Gasteiger partial charge is 0.255 e. The quantitative estimate of drug-likeness (QED) is 0.868. The van der Waals surface area contributed by atoms with Crippen LogP contribution in [0.3, 0.4) is 0 Å². The van der Waals surface area contributed by atoms with E-state index < -0.39 is 5.82 Å². The number of rotatable bonds is 5. The van der Waals surface area contributed by atoms with Gasteiger partial charge in [-0.25, -0.2) is 9.37 Å². The Balaban J connectivity index is 1.83. The van der Waals surface area contributed by atoms with Crippen LogP contribution >= 0.6 is 0 Å². The number of hydrogen-bond donors (Lipinski definition) is 2. The van der Waals surface area contributed by atoms with Gasteiger partial charge >= 0.3 is 0 Å². The number of carbonyl (C=O) groups is 1. The molecule has 1 amide bonds. The molecule has 0 unspecified atom stereocenters. The topological polar surface area (TPSA) is 57.3 Å². The third-order valence-electron chi connectivity index (χ3n) is 4.01. The Morgan fingerprint density at radius 1 is 1.48 bits per heavy atom. The third kappa shape index (κ3) is 4.39. The van der Waals surface area contributed by atoms with Crippen molar-refractivity contribution in [3.63, 3.8) is 0 Å². The molecule has 2 heterocycles. The van der Waals surface area contributed by atoms with Crippen molar-refractivity contribution < 1.29 is 9.18 Å². The number of nitrogens with one attached hydrogen (secondary N) is 2. The summed E-state index contributed by atoms with van der Waals surface area (Å²) in [4.78, 5) is 18.3. The second kappa shape index (κ2) is 7.36. The molecule has 0 saturated carbocycles. The zero-order chi connectivity index (χ0) is 15.2. The highest BCUT2D eigenvalue weighted by molar-refractivity contribution is 5.98. The molecule has 1 aromatic heterocycles. The van der Waals surface area contributed by atoms with Gasteiger partial charge in [0.2, 0.25) is 0 Å². The van der Waals surface area contributed by atoms with Gasteiger partial charge in [0.1, 0.15) is 11.6 Å². The van der Waals surface area contributed by atoms with Gasteiger partial charge in [0.25, 0.3) is 5.91 Å². The van der Waals surface area contributed by atoms with Gasteiger partial charge in [0, 0.05) is 13.6 Å². The molecule has 1 aliphatic heterocycles. The van der Waals surface area contributed by atoms with E-state index in [1.807, 2.05) is 0 Å². The molecule has 2 rings (SSSR count). The monoisotopic (exact) mass is 294 g/mol. The van der Waals surface area contributed by atoms with E-state index in [9.17, 15) is 9.18 Å². The lowest BCUT2D eigenvalue weighted by atomic mass is 9.94. The molecule has 1 aliphatic rings. The van der Waals surface area contributed by atoms with E-state index in [2.05, 4.69) is 27.6 Å². The van der Waals surface area contributed by atoms with Crippen LogP contribution in [0.4, 0.5) is 10.2 Å². The first-order valence-corrected chi connectivity index (χ1v) is 7.40. The van der Waals surface area contributed by atoms with E-state index in [0.29, 0.717) is 18.3 Å². The molecule has 0 atom stereocenters. The second-order valence-corrected chi connectivity index (χ2v) is 5.59. The van der Waals surface area contributed by atoms with Gasteiger partial charge in [-0.15, -0.1) is 0 Å². The van der Waals surface area contributed by atoms with E-state index in [0.717, 1.165) is 25.7 Å². The van der Waals surface area contributed by atoms with Gasteiger partial charge in [-0.05, 0) is 51.4 Å². The molecule has 0 aromatic carbocycles. The first kappa shape index (κ1) is 15.7. The number of nitrogens with zero attached hydrogens (tertiary/aromatic N) is 2. The molecule has 0 aliphatic carbocycles. The first-order chi connectivity index (χ1) is 10.1. The van der Waals surface area contributed by atoms with Gasteiger partial charge in [0.15, 0.2) is 0 Å². The molecular formula is C15H23FN4O. The molecule has 116 valence electrons. The van der Waals surface area contributed by atoms with E-state index in [-0.39, 0.29) is 11.5 Å². The predicted octanol–water partition coefficient (Wildman–Crippen LogP) is 1.72. The summed E-state index contributed by atoms with van der Waals surface area (Å²) in [6.45, 7) is 2.86. The van der Waals surface area contributed by atoms with Gasteiger partial charge in [-0.2, -0.15) is 0 Å². The van der Waals surface area contributed by atoms with Crippen LogP contribution in [0, 0.1) is 11.7 Å². The number of amides is 1. The second-order valence-electron chi connectivity index (χ2n) is 5.59. The van der Waals surface area contributed by atoms with Crippen molar-refractivity contribution in [2.75, 3.05) is 39.0 Å². The lowest BCUT2D eigenvalue weighted by Gasteiger charge is -2.28. The predicted molar refractivity (Wildman–Crippen MR) is 80.9 cm³/mol. The zero-order valence-electron chi connectivity index (χ0n) is 12.7. The van der Waals surface area contributed by atoms with Crippen LogP contribution in [-0.2, 0) is 0 Å². The Hall–Kier alpha value is -1.69. The SMILES string of the molecule is CNc1ncc(F)cc1C(=O)NCCC1CCN(C)CC1. The highest BCUT2D eigenvalue weighted by Gasteiger charge is 2.17. The number of aromatic nitrogens is 1. The molecular weight excluding hydrogens is 271 g/mol. The molecule has 0 bridgehead atoms. The van der Waals surface area contributed by atoms with Crippen molar-refractivity contribution >= 4 is 11.7 Å². The van der Waals surface area contributed by atoms with E-state index in [1.54, 1.807) is 7.05 Å². The van der Waals surface area contributed by atoms with Crippen LogP contribution in [-0.4, -0.2) is 49.5 Å². The molecule has 21 heavy (non-hydrogen) atoms. The maximum absolute atomic E-state index is 13.2. The molecule has 6 heteroatoms. The van der Waals surface area contributed by atoms with Crippen molar-refractivity contribution in [1.29, 1.82) is 0 Å². The fraction of sp³-hybridized carbons (Fsp3) is 0.600. The molecule has 2 N–H and O–H groups in total. The van der Waals surface area contributed by atoms with E-state index >= 15 is 0 Å². The lowest BCUT2D eigenvalue weighted by molar-refractivity contribution is 0.0949. The fourth-order valence-electron chi connectivity index (χ4n) is 2.65. The Labute approximate surface area is 124 Å². The maximum atomic E-state index is 13.2. The fourth-order valence-corrected chi connectivity index (χ4v) is 2.65. The summed E-state index contributed by atoms with van der Waals surface area (Å²) in [7, 11) is 3.80. The number of likely N-dealkylation sites (tertiary alicyclic amines) is 1. The van der Waals surface area contributed by atoms with Crippen LogP contribution in [0.1, 0.15) is 29.6 Å². The molecule has 5 nitrogen and oxygen atoms in total. The highest BCUT2D eigenvalue weighted by atomic mass is 19.1. The normalized spacial score (nSPS) is 16.7. The van der Waals surface area contributed by atoms with Crippen molar-refractivity contribution in [2.24, 2.45) is 5.92 Å². The highest BCUT2D eigenvalue weighted by Crippen LogP contribution is 2.19. The molecule has 1 fully saturated rings.